The highest BCUT2D eigenvalue weighted by Gasteiger charge is 2.10. The van der Waals surface area contributed by atoms with Crippen molar-refractivity contribution >= 4 is 21.8 Å². The largest absolute Gasteiger partial charge is 0.365 e. The minimum absolute atomic E-state index is 0.290. The Hall–Kier alpha value is -1.75. The van der Waals surface area contributed by atoms with E-state index in [9.17, 15) is 9.18 Å². The predicted octanol–water partition coefficient (Wildman–Crippen LogP) is 2.02. The molecule has 92 valence electrons. The molecule has 0 radical (unpaired) electrons. The average Bonchev–Trinajstić information content (AvgIpc) is 2.33. The van der Waals surface area contributed by atoms with E-state index >= 15 is 0 Å². The maximum Gasteiger partial charge on any atom is 0.254 e. The standard InChI is InChI=1S/C13H10BrFN2O/c14-12-6-11(15)4-3-9(12)7-17-5-1-2-10(8-17)13(16)18/h1-6,8H,7H2,(H-,16,18)/p+1. The number of benzene rings is 1. The molecule has 2 rings (SSSR count). The van der Waals surface area contributed by atoms with Gasteiger partial charge in [0.05, 0.1) is 0 Å². The number of hydrogen-bond donors (Lipinski definition) is 1. The Kier molecular flexibility index (Phi) is 3.72. The molecule has 1 aromatic heterocycles. The summed E-state index contributed by atoms with van der Waals surface area (Å²) >= 11 is 3.31. The van der Waals surface area contributed by atoms with Crippen molar-refractivity contribution < 1.29 is 13.8 Å². The Labute approximate surface area is 112 Å². The highest BCUT2D eigenvalue weighted by molar-refractivity contribution is 9.10. The van der Waals surface area contributed by atoms with E-state index in [4.69, 9.17) is 5.73 Å². The third kappa shape index (κ3) is 2.92. The molecule has 0 saturated carbocycles. The Morgan fingerprint density at radius 3 is 2.83 bits per heavy atom. The number of pyridine rings is 1. The van der Waals surface area contributed by atoms with Gasteiger partial charge in [0.25, 0.3) is 5.91 Å². The van der Waals surface area contributed by atoms with Gasteiger partial charge < -0.3 is 5.73 Å². The lowest BCUT2D eigenvalue weighted by Gasteiger charge is -2.02. The molecule has 5 heteroatoms. The molecule has 2 N–H and O–H groups in total. The molecule has 0 aliphatic heterocycles. The third-order valence-electron chi connectivity index (χ3n) is 2.51. The molecule has 1 amide bonds. The molecule has 3 nitrogen and oxygen atoms in total. The number of primary amides is 1. The van der Waals surface area contributed by atoms with Gasteiger partial charge in [0.2, 0.25) is 0 Å². The summed E-state index contributed by atoms with van der Waals surface area (Å²) < 4.78 is 15.5. The zero-order valence-electron chi connectivity index (χ0n) is 9.44. The fraction of sp³-hybridized carbons (Fsp3) is 0.0769. The molecular formula is C13H11BrFN2O+. The minimum Gasteiger partial charge on any atom is -0.365 e. The monoisotopic (exact) mass is 309 g/mol. The van der Waals surface area contributed by atoms with E-state index in [1.807, 2.05) is 10.8 Å². The third-order valence-corrected chi connectivity index (χ3v) is 3.25. The van der Waals surface area contributed by atoms with Gasteiger partial charge in [-0.15, -0.1) is 0 Å². The zero-order valence-corrected chi connectivity index (χ0v) is 11.0. The van der Waals surface area contributed by atoms with Gasteiger partial charge in [-0.25, -0.2) is 4.39 Å². The van der Waals surface area contributed by atoms with Crippen molar-refractivity contribution in [2.45, 2.75) is 6.54 Å². The van der Waals surface area contributed by atoms with Crippen molar-refractivity contribution in [2.24, 2.45) is 5.73 Å². The summed E-state index contributed by atoms with van der Waals surface area (Å²) in [5.74, 6) is -0.760. The molecule has 0 atom stereocenters. The Bertz CT molecular complexity index is 601. The van der Waals surface area contributed by atoms with Gasteiger partial charge in [-0.2, -0.15) is 4.57 Å². The van der Waals surface area contributed by atoms with Gasteiger partial charge in [0.15, 0.2) is 18.9 Å². The van der Waals surface area contributed by atoms with Crippen LogP contribution in [0.25, 0.3) is 0 Å². The molecule has 0 spiro atoms. The van der Waals surface area contributed by atoms with Gasteiger partial charge in [-0.05, 0) is 24.3 Å². The van der Waals surface area contributed by atoms with E-state index in [0.717, 1.165) is 5.56 Å². The second-order valence-electron chi connectivity index (χ2n) is 3.86. The lowest BCUT2D eigenvalue weighted by Crippen LogP contribution is -2.35. The van der Waals surface area contributed by atoms with E-state index < -0.39 is 5.91 Å². The molecule has 0 aliphatic carbocycles. The normalized spacial score (nSPS) is 10.3. The van der Waals surface area contributed by atoms with Crippen molar-refractivity contribution in [2.75, 3.05) is 0 Å². The summed E-state index contributed by atoms with van der Waals surface area (Å²) in [6.07, 6.45) is 3.49. The fourth-order valence-electron chi connectivity index (χ4n) is 1.61. The highest BCUT2D eigenvalue weighted by atomic mass is 79.9. The van der Waals surface area contributed by atoms with Crippen molar-refractivity contribution in [3.8, 4) is 0 Å². The number of nitrogens with two attached hydrogens (primary N) is 1. The van der Waals surface area contributed by atoms with E-state index in [0.29, 0.717) is 16.6 Å². The first-order valence-electron chi connectivity index (χ1n) is 5.29. The van der Waals surface area contributed by atoms with E-state index in [1.54, 1.807) is 24.4 Å². The fourth-order valence-corrected chi connectivity index (χ4v) is 2.09. The second kappa shape index (κ2) is 5.27. The molecule has 0 bridgehead atoms. The lowest BCUT2D eigenvalue weighted by molar-refractivity contribution is -0.688. The van der Waals surface area contributed by atoms with Gasteiger partial charge in [-0.3, -0.25) is 4.79 Å². The van der Waals surface area contributed by atoms with Gasteiger partial charge in [-0.1, -0.05) is 15.9 Å². The van der Waals surface area contributed by atoms with Crippen LogP contribution in [0, 0.1) is 5.82 Å². The molecule has 18 heavy (non-hydrogen) atoms. The Morgan fingerprint density at radius 2 is 2.17 bits per heavy atom. The number of aromatic nitrogens is 1. The molecule has 0 unspecified atom stereocenters. The summed E-state index contributed by atoms with van der Waals surface area (Å²) in [7, 11) is 0. The molecule has 1 heterocycles. The number of carbonyl (C=O) groups is 1. The highest BCUT2D eigenvalue weighted by Crippen LogP contribution is 2.17. The van der Waals surface area contributed by atoms with E-state index in [1.165, 1.54) is 12.1 Å². The van der Waals surface area contributed by atoms with Crippen molar-refractivity contribution in [1.29, 1.82) is 0 Å². The van der Waals surface area contributed by atoms with Crippen LogP contribution in [-0.2, 0) is 6.54 Å². The van der Waals surface area contributed by atoms with Gasteiger partial charge in [0, 0.05) is 16.1 Å². The first-order chi connectivity index (χ1) is 8.56. The van der Waals surface area contributed by atoms with Crippen LogP contribution in [0.2, 0.25) is 0 Å². The quantitative estimate of drug-likeness (QED) is 0.866. The van der Waals surface area contributed by atoms with Crippen molar-refractivity contribution in [3.63, 3.8) is 0 Å². The lowest BCUT2D eigenvalue weighted by atomic mass is 10.2. The smallest absolute Gasteiger partial charge is 0.254 e. The number of nitrogens with zero attached hydrogens (tertiary/aromatic N) is 1. The second-order valence-corrected chi connectivity index (χ2v) is 4.72. The number of hydrogen-bond acceptors (Lipinski definition) is 1. The average molecular weight is 310 g/mol. The van der Waals surface area contributed by atoms with Crippen LogP contribution >= 0.6 is 15.9 Å². The first-order valence-corrected chi connectivity index (χ1v) is 6.08. The van der Waals surface area contributed by atoms with Crippen LogP contribution in [0.3, 0.4) is 0 Å². The molecule has 0 saturated heterocycles. The topological polar surface area (TPSA) is 47.0 Å². The van der Waals surface area contributed by atoms with Crippen molar-refractivity contribution in [3.05, 3.63) is 64.1 Å². The SMILES string of the molecule is NC(=O)c1ccc[n+](Cc2ccc(F)cc2Br)c1. The Balaban J connectivity index is 2.28. The summed E-state index contributed by atoms with van der Waals surface area (Å²) in [6.45, 7) is 0.530. The van der Waals surface area contributed by atoms with Crippen molar-refractivity contribution in [1.82, 2.24) is 0 Å². The maximum absolute atomic E-state index is 13.0. The van der Waals surface area contributed by atoms with Crippen LogP contribution in [0.1, 0.15) is 15.9 Å². The molecule has 0 aliphatic rings. The summed E-state index contributed by atoms with van der Waals surface area (Å²) in [5.41, 5.74) is 6.57. The van der Waals surface area contributed by atoms with E-state index in [-0.39, 0.29) is 5.82 Å². The molecule has 1 aromatic carbocycles. The molecule has 2 aromatic rings. The van der Waals surface area contributed by atoms with E-state index in [2.05, 4.69) is 15.9 Å². The van der Waals surface area contributed by atoms with Crippen LogP contribution in [0.5, 0.6) is 0 Å². The predicted molar refractivity (Wildman–Crippen MR) is 68.4 cm³/mol. The number of amides is 1. The minimum atomic E-state index is -0.470. The number of rotatable bonds is 3. The summed E-state index contributed by atoms with van der Waals surface area (Å²) in [5, 5.41) is 0. The Morgan fingerprint density at radius 1 is 1.39 bits per heavy atom. The summed E-state index contributed by atoms with van der Waals surface area (Å²) in [6, 6.07) is 7.91. The first kappa shape index (κ1) is 12.7. The van der Waals surface area contributed by atoms with Crippen LogP contribution in [0.15, 0.2) is 47.2 Å². The number of halogens is 2. The van der Waals surface area contributed by atoms with Gasteiger partial charge in [0.1, 0.15) is 11.4 Å². The zero-order chi connectivity index (χ0) is 13.1. The molecule has 0 fully saturated rings. The molecular weight excluding hydrogens is 299 g/mol. The number of carbonyl (C=O) groups excluding carboxylic acids is 1. The van der Waals surface area contributed by atoms with Gasteiger partial charge >= 0.3 is 0 Å². The van der Waals surface area contributed by atoms with Crippen LogP contribution in [0.4, 0.5) is 4.39 Å². The summed E-state index contributed by atoms with van der Waals surface area (Å²) in [4.78, 5) is 11.1. The maximum atomic E-state index is 13.0. The van der Waals surface area contributed by atoms with Crippen LogP contribution in [-0.4, -0.2) is 5.91 Å². The van der Waals surface area contributed by atoms with Crippen LogP contribution < -0.4 is 10.3 Å².